The highest BCUT2D eigenvalue weighted by Crippen LogP contribution is 2.29. The number of methoxy groups -OCH3 is 1. The molecule has 8 heteroatoms. The number of nitrogens with one attached hydrogen (secondary N) is 1. The van der Waals surface area contributed by atoms with Crippen molar-refractivity contribution in [1.29, 1.82) is 0 Å². The molecule has 1 N–H and O–H groups in total. The highest BCUT2D eigenvalue weighted by atomic mass is 19.4. The van der Waals surface area contributed by atoms with E-state index in [1.165, 1.54) is 18.3 Å². The minimum atomic E-state index is -4.52. The van der Waals surface area contributed by atoms with E-state index in [0.717, 1.165) is 23.6 Å². The Morgan fingerprint density at radius 1 is 1.11 bits per heavy atom. The second-order valence-corrected chi connectivity index (χ2v) is 5.78. The van der Waals surface area contributed by atoms with Crippen LogP contribution in [0.1, 0.15) is 21.6 Å². The van der Waals surface area contributed by atoms with E-state index in [4.69, 9.17) is 4.74 Å². The summed E-state index contributed by atoms with van der Waals surface area (Å²) in [5.41, 5.74) is 2.76. The van der Waals surface area contributed by atoms with Crippen LogP contribution in [0.4, 0.5) is 13.2 Å². The van der Waals surface area contributed by atoms with Gasteiger partial charge in [0.2, 0.25) is 0 Å². The summed E-state index contributed by atoms with van der Waals surface area (Å²) in [7, 11) is 1.58. The number of alkyl halides is 3. The zero-order valence-corrected chi connectivity index (χ0v) is 14.8. The van der Waals surface area contributed by atoms with Crippen molar-refractivity contribution in [2.75, 3.05) is 7.11 Å². The number of carbonyl (C=O) groups excluding carboxylic acids is 1. The Hall–Kier alpha value is -3.55. The van der Waals surface area contributed by atoms with Gasteiger partial charge in [-0.3, -0.25) is 4.79 Å². The predicted octanol–water partition coefficient (Wildman–Crippen LogP) is 4.27. The number of nitrogens with zero attached hydrogens (tertiary/aromatic N) is 2. The second kappa shape index (κ2) is 7.99. The maximum atomic E-state index is 12.8. The first kappa shape index (κ1) is 19.2. The van der Waals surface area contributed by atoms with Crippen molar-refractivity contribution >= 4 is 12.1 Å². The average molecular weight is 387 g/mol. The fourth-order valence-corrected chi connectivity index (χ4v) is 2.54. The molecule has 0 bridgehead atoms. The average Bonchev–Trinajstić information content (AvgIpc) is 3.16. The molecule has 28 heavy (non-hydrogen) atoms. The molecule has 3 aromatic rings. The summed E-state index contributed by atoms with van der Waals surface area (Å²) in [5.74, 6) is -0.00984. The Kier molecular flexibility index (Phi) is 5.49. The minimum absolute atomic E-state index is 0.127. The lowest BCUT2D eigenvalue weighted by Crippen LogP contribution is -2.18. The van der Waals surface area contributed by atoms with Crippen molar-refractivity contribution in [2.24, 2.45) is 5.10 Å². The van der Waals surface area contributed by atoms with Gasteiger partial charge in [-0.1, -0.05) is 6.07 Å². The van der Waals surface area contributed by atoms with Crippen LogP contribution in [0.5, 0.6) is 5.75 Å². The van der Waals surface area contributed by atoms with Gasteiger partial charge in [-0.2, -0.15) is 18.3 Å². The van der Waals surface area contributed by atoms with Crippen LogP contribution < -0.4 is 10.2 Å². The molecule has 144 valence electrons. The molecular formula is C20H16F3N3O2. The fraction of sp³-hybridized carbons (Fsp3) is 0.100. The standard InChI is InChI=1S/C20H16F3N3O2/c1-28-18-9-7-16(8-10-18)26-11-3-6-17(26)13-24-25-19(27)14-4-2-5-15(12-14)20(21,22)23/h2-13H,1H3,(H,25,27)/b24-13-. The monoisotopic (exact) mass is 387 g/mol. The molecule has 0 aliphatic rings. The molecule has 0 radical (unpaired) electrons. The molecule has 0 saturated carbocycles. The second-order valence-electron chi connectivity index (χ2n) is 5.78. The lowest BCUT2D eigenvalue weighted by molar-refractivity contribution is -0.137. The molecule has 0 aliphatic carbocycles. The minimum Gasteiger partial charge on any atom is -0.497 e. The Morgan fingerprint density at radius 2 is 1.86 bits per heavy atom. The lowest BCUT2D eigenvalue weighted by atomic mass is 10.1. The summed E-state index contributed by atoms with van der Waals surface area (Å²) in [6.45, 7) is 0. The van der Waals surface area contributed by atoms with Crippen molar-refractivity contribution in [1.82, 2.24) is 9.99 Å². The highest BCUT2D eigenvalue weighted by molar-refractivity contribution is 5.95. The predicted molar refractivity (Wildman–Crippen MR) is 98.8 cm³/mol. The van der Waals surface area contributed by atoms with Gasteiger partial charge >= 0.3 is 6.18 Å². The van der Waals surface area contributed by atoms with Crippen LogP contribution in [0.3, 0.4) is 0 Å². The molecule has 0 saturated heterocycles. The van der Waals surface area contributed by atoms with Crippen LogP contribution in [0, 0.1) is 0 Å². The first-order chi connectivity index (χ1) is 13.4. The van der Waals surface area contributed by atoms with Crippen molar-refractivity contribution < 1.29 is 22.7 Å². The molecule has 5 nitrogen and oxygen atoms in total. The van der Waals surface area contributed by atoms with Crippen molar-refractivity contribution in [3.63, 3.8) is 0 Å². The quantitative estimate of drug-likeness (QED) is 0.525. The summed E-state index contributed by atoms with van der Waals surface area (Å²) in [6, 6.07) is 15.1. The van der Waals surface area contributed by atoms with Gasteiger partial charge in [-0.15, -0.1) is 0 Å². The smallest absolute Gasteiger partial charge is 0.416 e. The Labute approximate surface area is 159 Å². The van der Waals surface area contributed by atoms with Gasteiger partial charge < -0.3 is 9.30 Å². The van der Waals surface area contributed by atoms with Gasteiger partial charge in [0.25, 0.3) is 5.91 Å². The van der Waals surface area contributed by atoms with E-state index in [1.54, 1.807) is 19.2 Å². The Morgan fingerprint density at radius 3 is 2.54 bits per heavy atom. The molecule has 0 aliphatic heterocycles. The van der Waals surface area contributed by atoms with E-state index < -0.39 is 17.6 Å². The van der Waals surface area contributed by atoms with Gasteiger partial charge in [-0.25, -0.2) is 5.43 Å². The van der Waals surface area contributed by atoms with Gasteiger partial charge in [0, 0.05) is 17.4 Å². The van der Waals surface area contributed by atoms with Gasteiger partial charge in [-0.05, 0) is 54.6 Å². The normalized spacial score (nSPS) is 11.6. The Bertz CT molecular complexity index is 992. The molecule has 0 spiro atoms. The van der Waals surface area contributed by atoms with Crippen molar-refractivity contribution in [3.05, 3.63) is 83.7 Å². The first-order valence-corrected chi connectivity index (χ1v) is 8.21. The third-order valence-corrected chi connectivity index (χ3v) is 3.95. The maximum absolute atomic E-state index is 12.8. The Balaban J connectivity index is 1.72. The van der Waals surface area contributed by atoms with Crippen molar-refractivity contribution in [2.45, 2.75) is 6.18 Å². The molecule has 3 rings (SSSR count). The third kappa shape index (κ3) is 4.40. The van der Waals surface area contributed by atoms with Crippen LogP contribution in [0.25, 0.3) is 5.69 Å². The van der Waals surface area contributed by atoms with Crippen LogP contribution in [-0.2, 0) is 6.18 Å². The van der Waals surface area contributed by atoms with Gasteiger partial charge in [0.1, 0.15) is 5.75 Å². The first-order valence-electron chi connectivity index (χ1n) is 8.21. The number of aromatic nitrogens is 1. The lowest BCUT2D eigenvalue weighted by Gasteiger charge is -2.08. The van der Waals surface area contributed by atoms with E-state index >= 15 is 0 Å². The molecule has 1 amide bonds. The number of hydrogen-bond donors (Lipinski definition) is 1. The number of amides is 1. The topological polar surface area (TPSA) is 55.6 Å². The number of hydrazone groups is 1. The summed E-state index contributed by atoms with van der Waals surface area (Å²) >= 11 is 0. The largest absolute Gasteiger partial charge is 0.497 e. The zero-order chi connectivity index (χ0) is 20.1. The van der Waals surface area contributed by atoms with E-state index in [-0.39, 0.29) is 5.56 Å². The van der Waals surface area contributed by atoms with Crippen molar-refractivity contribution in [3.8, 4) is 11.4 Å². The van der Waals surface area contributed by atoms with Gasteiger partial charge in [0.05, 0.1) is 24.6 Å². The molecule has 0 unspecified atom stereocenters. The van der Waals surface area contributed by atoms with E-state index in [2.05, 4.69) is 10.5 Å². The summed E-state index contributed by atoms with van der Waals surface area (Å²) in [4.78, 5) is 12.1. The molecule has 0 atom stereocenters. The zero-order valence-electron chi connectivity index (χ0n) is 14.8. The molecule has 1 heterocycles. The molecule has 1 aromatic heterocycles. The molecular weight excluding hydrogens is 371 g/mol. The number of hydrogen-bond acceptors (Lipinski definition) is 3. The summed E-state index contributed by atoms with van der Waals surface area (Å²) in [6.07, 6.45) is -1.29. The van der Waals surface area contributed by atoms with E-state index in [9.17, 15) is 18.0 Å². The summed E-state index contributed by atoms with van der Waals surface area (Å²) in [5, 5.41) is 3.85. The fourth-order valence-electron chi connectivity index (χ4n) is 2.54. The third-order valence-electron chi connectivity index (χ3n) is 3.95. The maximum Gasteiger partial charge on any atom is 0.416 e. The van der Waals surface area contributed by atoms with Gasteiger partial charge in [0.15, 0.2) is 0 Å². The van der Waals surface area contributed by atoms with Crippen LogP contribution in [0.2, 0.25) is 0 Å². The SMILES string of the molecule is COc1ccc(-n2cccc2/C=N\NC(=O)c2cccc(C(F)(F)F)c2)cc1. The number of benzene rings is 2. The van der Waals surface area contributed by atoms with E-state index in [0.29, 0.717) is 5.69 Å². The van der Waals surface area contributed by atoms with Crippen LogP contribution in [-0.4, -0.2) is 23.8 Å². The highest BCUT2D eigenvalue weighted by Gasteiger charge is 2.30. The molecule has 2 aromatic carbocycles. The van der Waals surface area contributed by atoms with Crippen LogP contribution in [0.15, 0.2) is 72.0 Å². The number of carbonyl (C=O) groups is 1. The number of ether oxygens (including phenoxy) is 1. The number of rotatable bonds is 5. The van der Waals surface area contributed by atoms with E-state index in [1.807, 2.05) is 35.0 Å². The van der Waals surface area contributed by atoms with Crippen LogP contribution >= 0.6 is 0 Å². The summed E-state index contributed by atoms with van der Waals surface area (Å²) < 4.78 is 45.2. The number of halogens is 3. The molecule has 0 fully saturated rings.